The van der Waals surface area contributed by atoms with Crippen molar-refractivity contribution in [3.8, 4) is 0 Å². The summed E-state index contributed by atoms with van der Waals surface area (Å²) in [5.74, 6) is 1.61. The van der Waals surface area contributed by atoms with E-state index in [-0.39, 0.29) is 0 Å². The Balaban J connectivity index is 2.73. The van der Waals surface area contributed by atoms with E-state index in [4.69, 9.17) is 0 Å². The van der Waals surface area contributed by atoms with Crippen molar-refractivity contribution in [2.75, 3.05) is 5.75 Å². The monoisotopic (exact) mass is 258 g/mol. The molecule has 0 fully saturated rings. The van der Waals surface area contributed by atoms with E-state index in [1.165, 1.54) is 15.6 Å². The summed E-state index contributed by atoms with van der Waals surface area (Å²) in [6.45, 7) is 4.35. The fourth-order valence-corrected chi connectivity index (χ4v) is 1.68. The van der Waals surface area contributed by atoms with E-state index in [2.05, 4.69) is 60.6 Å². The Labute approximate surface area is 94.3 Å². The first kappa shape index (κ1) is 11.1. The minimum Gasteiger partial charge on any atom is -0.179 e. The van der Waals surface area contributed by atoms with Crippen molar-refractivity contribution in [2.24, 2.45) is 5.92 Å². The van der Waals surface area contributed by atoms with Gasteiger partial charge in [-0.25, -0.2) is 0 Å². The van der Waals surface area contributed by atoms with Crippen LogP contribution in [0, 0.1) is 12.8 Å². The van der Waals surface area contributed by atoms with Crippen molar-refractivity contribution in [3.05, 3.63) is 33.8 Å². The highest BCUT2D eigenvalue weighted by Crippen LogP contribution is 2.19. The van der Waals surface area contributed by atoms with Gasteiger partial charge in [0.2, 0.25) is 0 Å². The predicted octanol–water partition coefficient (Wildman–Crippen LogP) is 3.87. The second-order valence-corrected chi connectivity index (χ2v) is 4.79. The molecule has 0 aliphatic carbocycles. The van der Waals surface area contributed by atoms with Gasteiger partial charge in [-0.3, -0.25) is 0 Å². The molecule has 1 aromatic carbocycles. The smallest absolute Gasteiger partial charge is 0.0204 e. The Morgan fingerprint density at radius 1 is 1.46 bits per heavy atom. The van der Waals surface area contributed by atoms with Crippen molar-refractivity contribution in [3.63, 3.8) is 0 Å². The van der Waals surface area contributed by atoms with Crippen molar-refractivity contribution in [2.45, 2.75) is 20.3 Å². The normalized spacial score (nSPS) is 12.9. The van der Waals surface area contributed by atoms with E-state index in [0.29, 0.717) is 5.92 Å². The zero-order valence-corrected chi connectivity index (χ0v) is 10.5. The summed E-state index contributed by atoms with van der Waals surface area (Å²) in [5.41, 5.74) is 2.71. The average molecular weight is 259 g/mol. The Kier molecular flexibility index (Phi) is 4.33. The van der Waals surface area contributed by atoms with Crippen molar-refractivity contribution in [1.82, 2.24) is 0 Å². The summed E-state index contributed by atoms with van der Waals surface area (Å²) in [7, 11) is 0. The molecule has 13 heavy (non-hydrogen) atoms. The SMILES string of the molecule is Cc1cc(CC(C)CS)ccc1Br. The number of thiol groups is 1. The van der Waals surface area contributed by atoms with Gasteiger partial charge in [0.25, 0.3) is 0 Å². The largest absolute Gasteiger partial charge is 0.179 e. The van der Waals surface area contributed by atoms with Gasteiger partial charge in [0.05, 0.1) is 0 Å². The van der Waals surface area contributed by atoms with Gasteiger partial charge < -0.3 is 0 Å². The Morgan fingerprint density at radius 2 is 2.15 bits per heavy atom. The van der Waals surface area contributed by atoms with Crippen LogP contribution in [0.3, 0.4) is 0 Å². The second kappa shape index (κ2) is 5.06. The number of benzene rings is 1. The van der Waals surface area contributed by atoms with Gasteiger partial charge in [0.15, 0.2) is 0 Å². The highest BCUT2D eigenvalue weighted by Gasteiger charge is 2.02. The summed E-state index contributed by atoms with van der Waals surface area (Å²) in [4.78, 5) is 0. The molecule has 0 nitrogen and oxygen atoms in total. The lowest BCUT2D eigenvalue weighted by atomic mass is 10.0. The van der Waals surface area contributed by atoms with Crippen LogP contribution in [-0.4, -0.2) is 5.75 Å². The summed E-state index contributed by atoms with van der Waals surface area (Å²) in [6.07, 6.45) is 1.12. The molecule has 1 unspecified atom stereocenters. The van der Waals surface area contributed by atoms with Gasteiger partial charge >= 0.3 is 0 Å². The first-order valence-corrected chi connectivity index (χ1v) is 5.92. The standard InChI is InChI=1S/C11H15BrS/c1-8(7-13)5-10-3-4-11(12)9(2)6-10/h3-4,6,8,13H,5,7H2,1-2H3. The topological polar surface area (TPSA) is 0 Å². The average Bonchev–Trinajstić information content (AvgIpc) is 2.11. The van der Waals surface area contributed by atoms with E-state index < -0.39 is 0 Å². The quantitative estimate of drug-likeness (QED) is 0.783. The molecular formula is C11H15BrS. The first-order chi connectivity index (χ1) is 6.13. The molecule has 0 aromatic heterocycles. The Bertz CT molecular complexity index is 283. The molecule has 1 aromatic rings. The first-order valence-electron chi connectivity index (χ1n) is 4.49. The molecule has 0 aliphatic heterocycles. The maximum absolute atomic E-state index is 4.28. The van der Waals surface area contributed by atoms with Crippen LogP contribution in [0.5, 0.6) is 0 Å². The third kappa shape index (κ3) is 3.35. The lowest BCUT2D eigenvalue weighted by molar-refractivity contribution is 0.660. The van der Waals surface area contributed by atoms with Gasteiger partial charge in [-0.1, -0.05) is 35.0 Å². The van der Waals surface area contributed by atoms with E-state index in [9.17, 15) is 0 Å². The van der Waals surface area contributed by atoms with Gasteiger partial charge in [-0.05, 0) is 42.2 Å². The molecule has 0 bridgehead atoms. The number of hydrogen-bond acceptors (Lipinski definition) is 1. The molecule has 1 rings (SSSR count). The van der Waals surface area contributed by atoms with Gasteiger partial charge in [-0.2, -0.15) is 12.6 Å². The van der Waals surface area contributed by atoms with Crippen LogP contribution in [-0.2, 0) is 6.42 Å². The number of aryl methyl sites for hydroxylation is 1. The lowest BCUT2D eigenvalue weighted by Crippen LogP contribution is -2.01. The molecule has 0 radical (unpaired) electrons. The van der Waals surface area contributed by atoms with Crippen LogP contribution < -0.4 is 0 Å². The van der Waals surface area contributed by atoms with E-state index >= 15 is 0 Å². The van der Waals surface area contributed by atoms with Crippen LogP contribution in [0.4, 0.5) is 0 Å². The van der Waals surface area contributed by atoms with Crippen LogP contribution in [0.2, 0.25) is 0 Å². The molecule has 0 aliphatic rings. The van der Waals surface area contributed by atoms with Crippen molar-refractivity contribution >= 4 is 28.6 Å². The summed E-state index contributed by atoms with van der Waals surface area (Å²) in [6, 6.07) is 6.54. The maximum Gasteiger partial charge on any atom is 0.0204 e. The van der Waals surface area contributed by atoms with E-state index in [1.807, 2.05) is 0 Å². The summed E-state index contributed by atoms with van der Waals surface area (Å²) >= 11 is 7.78. The second-order valence-electron chi connectivity index (χ2n) is 3.58. The molecule has 0 saturated carbocycles. The Hall–Kier alpha value is 0.0500. The third-order valence-electron chi connectivity index (χ3n) is 2.12. The summed E-state index contributed by atoms with van der Waals surface area (Å²) in [5, 5.41) is 0. The van der Waals surface area contributed by atoms with E-state index in [0.717, 1.165) is 12.2 Å². The molecule has 0 spiro atoms. The van der Waals surface area contributed by atoms with Crippen molar-refractivity contribution < 1.29 is 0 Å². The molecule has 1 atom stereocenters. The molecule has 0 heterocycles. The minimum absolute atomic E-state index is 0.656. The molecule has 72 valence electrons. The maximum atomic E-state index is 4.28. The minimum atomic E-state index is 0.656. The zero-order chi connectivity index (χ0) is 9.84. The van der Waals surface area contributed by atoms with Gasteiger partial charge in [0, 0.05) is 4.47 Å². The van der Waals surface area contributed by atoms with Crippen LogP contribution in [0.25, 0.3) is 0 Å². The van der Waals surface area contributed by atoms with E-state index in [1.54, 1.807) is 0 Å². The highest BCUT2D eigenvalue weighted by molar-refractivity contribution is 9.10. The fourth-order valence-electron chi connectivity index (χ4n) is 1.30. The fraction of sp³-hybridized carbons (Fsp3) is 0.455. The number of rotatable bonds is 3. The van der Waals surface area contributed by atoms with Crippen LogP contribution in [0.15, 0.2) is 22.7 Å². The van der Waals surface area contributed by atoms with Crippen molar-refractivity contribution in [1.29, 1.82) is 0 Å². The van der Waals surface area contributed by atoms with Gasteiger partial charge in [-0.15, -0.1) is 0 Å². The zero-order valence-electron chi connectivity index (χ0n) is 8.05. The molecule has 0 saturated heterocycles. The van der Waals surface area contributed by atoms with Gasteiger partial charge in [0.1, 0.15) is 0 Å². The van der Waals surface area contributed by atoms with Crippen LogP contribution in [0.1, 0.15) is 18.1 Å². The lowest BCUT2D eigenvalue weighted by Gasteiger charge is -2.09. The predicted molar refractivity (Wildman–Crippen MR) is 65.6 cm³/mol. The van der Waals surface area contributed by atoms with Crippen LogP contribution >= 0.6 is 28.6 Å². The summed E-state index contributed by atoms with van der Waals surface area (Å²) < 4.78 is 1.19. The molecule has 0 amide bonds. The number of hydrogen-bond donors (Lipinski definition) is 1. The highest BCUT2D eigenvalue weighted by atomic mass is 79.9. The number of halogens is 1. The Morgan fingerprint density at radius 3 is 2.69 bits per heavy atom. The third-order valence-corrected chi connectivity index (χ3v) is 3.63. The molecule has 0 N–H and O–H groups in total. The molecular weight excluding hydrogens is 244 g/mol. The molecule has 2 heteroatoms.